The van der Waals surface area contributed by atoms with E-state index in [1.165, 1.54) is 6.07 Å². The number of anilines is 1. The van der Waals surface area contributed by atoms with Crippen molar-refractivity contribution in [2.45, 2.75) is 25.7 Å². The second kappa shape index (κ2) is 7.91. The third kappa shape index (κ3) is 4.34. The molecule has 2 saturated heterocycles. The molecule has 1 aromatic carbocycles. The maximum atomic E-state index is 13.6. The summed E-state index contributed by atoms with van der Waals surface area (Å²) in [6.07, 6.45) is 2.60. The molecule has 25 heavy (non-hydrogen) atoms. The number of benzene rings is 1. The molecule has 2 aliphatic heterocycles. The first kappa shape index (κ1) is 17.8. The van der Waals surface area contributed by atoms with E-state index in [-0.39, 0.29) is 29.3 Å². The molecule has 5 nitrogen and oxygen atoms in total. The molecule has 0 unspecified atom stereocenters. The van der Waals surface area contributed by atoms with Crippen LogP contribution >= 0.6 is 0 Å². The van der Waals surface area contributed by atoms with E-state index < -0.39 is 11.6 Å². The summed E-state index contributed by atoms with van der Waals surface area (Å²) >= 11 is 0. The number of halogens is 2. The van der Waals surface area contributed by atoms with Crippen molar-refractivity contribution in [1.82, 2.24) is 4.90 Å². The summed E-state index contributed by atoms with van der Waals surface area (Å²) in [5.74, 6) is -1.87. The van der Waals surface area contributed by atoms with Crippen LogP contribution in [-0.4, -0.2) is 43.0 Å². The molecule has 2 amide bonds. The number of likely N-dealkylation sites (tertiary alicyclic amines) is 1. The van der Waals surface area contributed by atoms with E-state index in [4.69, 9.17) is 4.74 Å². The number of hydrogen-bond acceptors (Lipinski definition) is 3. The van der Waals surface area contributed by atoms with Gasteiger partial charge in [-0.3, -0.25) is 9.59 Å². The van der Waals surface area contributed by atoms with Gasteiger partial charge in [0.1, 0.15) is 11.6 Å². The minimum absolute atomic E-state index is 0.0208. The molecule has 0 spiro atoms. The number of nitrogens with zero attached hydrogens (tertiary/aromatic N) is 1. The van der Waals surface area contributed by atoms with Crippen molar-refractivity contribution in [2.75, 3.05) is 31.6 Å². The van der Waals surface area contributed by atoms with Crippen molar-refractivity contribution in [1.29, 1.82) is 0 Å². The van der Waals surface area contributed by atoms with Crippen LogP contribution in [-0.2, 0) is 14.3 Å². The van der Waals surface area contributed by atoms with Crippen LogP contribution in [0.5, 0.6) is 0 Å². The van der Waals surface area contributed by atoms with Crippen LogP contribution < -0.4 is 5.32 Å². The highest BCUT2D eigenvalue weighted by molar-refractivity contribution is 5.92. The molecule has 3 rings (SSSR count). The lowest BCUT2D eigenvalue weighted by atomic mass is 9.93. The molecule has 1 aromatic rings. The number of nitrogens with one attached hydrogen (secondary N) is 1. The van der Waals surface area contributed by atoms with Crippen molar-refractivity contribution in [2.24, 2.45) is 11.8 Å². The van der Waals surface area contributed by atoms with Gasteiger partial charge in [0.05, 0.1) is 5.69 Å². The highest BCUT2D eigenvalue weighted by Gasteiger charge is 2.31. The molecule has 0 atom stereocenters. The van der Waals surface area contributed by atoms with Crippen LogP contribution in [0, 0.1) is 23.5 Å². The number of carbonyl (C=O) groups excluding carboxylic acids is 2. The Morgan fingerprint density at radius 3 is 2.36 bits per heavy atom. The molecule has 0 saturated carbocycles. The third-order valence-corrected chi connectivity index (χ3v) is 4.94. The zero-order chi connectivity index (χ0) is 17.8. The van der Waals surface area contributed by atoms with Crippen molar-refractivity contribution in [3.8, 4) is 0 Å². The Kier molecular flexibility index (Phi) is 5.63. The second-order valence-corrected chi connectivity index (χ2v) is 6.60. The summed E-state index contributed by atoms with van der Waals surface area (Å²) in [4.78, 5) is 26.6. The molecule has 7 heteroatoms. The molecular formula is C18H22F2N2O3. The van der Waals surface area contributed by atoms with Crippen LogP contribution in [0.3, 0.4) is 0 Å². The van der Waals surface area contributed by atoms with E-state index in [1.54, 1.807) is 0 Å². The molecule has 0 radical (unpaired) electrons. The summed E-state index contributed by atoms with van der Waals surface area (Å²) in [7, 11) is 0. The molecule has 0 aromatic heterocycles. The van der Waals surface area contributed by atoms with Gasteiger partial charge in [-0.1, -0.05) is 0 Å². The first-order chi connectivity index (χ1) is 12.0. The fraction of sp³-hybridized carbons (Fsp3) is 0.556. The number of hydrogen-bond donors (Lipinski definition) is 1. The first-order valence-corrected chi connectivity index (χ1v) is 8.67. The number of amides is 2. The lowest BCUT2D eigenvalue weighted by Crippen LogP contribution is -2.45. The second-order valence-electron chi connectivity index (χ2n) is 6.60. The molecule has 136 valence electrons. The minimum atomic E-state index is -0.791. The predicted octanol–water partition coefficient (Wildman–Crippen LogP) is 2.57. The molecule has 2 fully saturated rings. The van der Waals surface area contributed by atoms with Crippen LogP contribution in [0.2, 0.25) is 0 Å². The fourth-order valence-corrected chi connectivity index (χ4v) is 3.39. The molecule has 2 aliphatic rings. The van der Waals surface area contributed by atoms with Gasteiger partial charge in [0.15, 0.2) is 0 Å². The fourth-order valence-electron chi connectivity index (χ4n) is 3.39. The van der Waals surface area contributed by atoms with Gasteiger partial charge < -0.3 is 15.0 Å². The van der Waals surface area contributed by atoms with Crippen LogP contribution in [0.4, 0.5) is 14.5 Å². The van der Waals surface area contributed by atoms with E-state index >= 15 is 0 Å². The molecule has 0 aliphatic carbocycles. The summed E-state index contributed by atoms with van der Waals surface area (Å²) in [6, 6.07) is 3.06. The number of carbonyl (C=O) groups is 2. The van der Waals surface area contributed by atoms with Gasteiger partial charge in [-0.15, -0.1) is 0 Å². The zero-order valence-electron chi connectivity index (χ0n) is 14.0. The normalized spacial score (nSPS) is 19.7. The van der Waals surface area contributed by atoms with Crippen molar-refractivity contribution >= 4 is 17.5 Å². The SMILES string of the molecule is O=C(Nc1ccc(F)cc1F)C1CCN(C(=O)C2CCOCC2)CC1. The average Bonchev–Trinajstić information content (AvgIpc) is 2.64. The van der Waals surface area contributed by atoms with Crippen LogP contribution in [0.15, 0.2) is 18.2 Å². The summed E-state index contributed by atoms with van der Waals surface area (Å²) in [5.41, 5.74) is -0.0212. The van der Waals surface area contributed by atoms with Crippen molar-refractivity contribution < 1.29 is 23.1 Å². The Morgan fingerprint density at radius 1 is 1.04 bits per heavy atom. The maximum Gasteiger partial charge on any atom is 0.227 e. The van der Waals surface area contributed by atoms with Crippen LogP contribution in [0.25, 0.3) is 0 Å². The Bertz CT molecular complexity index is 639. The maximum absolute atomic E-state index is 13.6. The largest absolute Gasteiger partial charge is 0.381 e. The highest BCUT2D eigenvalue weighted by atomic mass is 19.1. The Hall–Kier alpha value is -2.02. The minimum Gasteiger partial charge on any atom is -0.381 e. The number of rotatable bonds is 3. The summed E-state index contributed by atoms with van der Waals surface area (Å²) in [6.45, 7) is 2.30. The van der Waals surface area contributed by atoms with E-state index in [0.717, 1.165) is 25.0 Å². The Morgan fingerprint density at radius 2 is 1.72 bits per heavy atom. The molecule has 1 N–H and O–H groups in total. The van der Waals surface area contributed by atoms with E-state index in [9.17, 15) is 18.4 Å². The Labute approximate surface area is 145 Å². The lowest BCUT2D eigenvalue weighted by Gasteiger charge is -2.34. The van der Waals surface area contributed by atoms with Crippen molar-refractivity contribution in [3.63, 3.8) is 0 Å². The average molecular weight is 352 g/mol. The first-order valence-electron chi connectivity index (χ1n) is 8.67. The van der Waals surface area contributed by atoms with Crippen LogP contribution in [0.1, 0.15) is 25.7 Å². The van der Waals surface area contributed by atoms with E-state index in [0.29, 0.717) is 39.1 Å². The van der Waals surface area contributed by atoms with Crippen molar-refractivity contribution in [3.05, 3.63) is 29.8 Å². The molecule has 2 heterocycles. The summed E-state index contributed by atoms with van der Waals surface area (Å²) in [5, 5.41) is 2.51. The topological polar surface area (TPSA) is 58.6 Å². The molecule has 0 bridgehead atoms. The number of piperidine rings is 1. The molecular weight excluding hydrogens is 330 g/mol. The van der Waals surface area contributed by atoms with Gasteiger partial charge in [-0.2, -0.15) is 0 Å². The monoisotopic (exact) mass is 352 g/mol. The standard InChI is InChI=1S/C18H22F2N2O3/c19-14-1-2-16(15(20)11-14)21-17(23)12-3-7-22(8-4-12)18(24)13-5-9-25-10-6-13/h1-2,11-13H,3-10H2,(H,21,23). The van der Waals surface area contributed by atoms with Gasteiger partial charge in [-0.25, -0.2) is 8.78 Å². The third-order valence-electron chi connectivity index (χ3n) is 4.94. The quantitative estimate of drug-likeness (QED) is 0.910. The lowest BCUT2D eigenvalue weighted by molar-refractivity contribution is -0.141. The smallest absolute Gasteiger partial charge is 0.227 e. The van der Waals surface area contributed by atoms with Gasteiger partial charge in [0, 0.05) is 44.2 Å². The van der Waals surface area contributed by atoms with Gasteiger partial charge in [-0.05, 0) is 37.8 Å². The highest BCUT2D eigenvalue weighted by Crippen LogP contribution is 2.24. The number of ether oxygens (including phenoxy) is 1. The van der Waals surface area contributed by atoms with E-state index in [1.807, 2.05) is 4.90 Å². The summed E-state index contributed by atoms with van der Waals surface area (Å²) < 4.78 is 31.8. The van der Waals surface area contributed by atoms with E-state index in [2.05, 4.69) is 5.32 Å². The zero-order valence-corrected chi connectivity index (χ0v) is 14.0. The van der Waals surface area contributed by atoms with Gasteiger partial charge in [0.2, 0.25) is 11.8 Å². The predicted molar refractivity (Wildman–Crippen MR) is 87.8 cm³/mol. The Balaban J connectivity index is 1.51. The van der Waals surface area contributed by atoms with Gasteiger partial charge >= 0.3 is 0 Å². The van der Waals surface area contributed by atoms with Gasteiger partial charge in [0.25, 0.3) is 0 Å².